The molecule has 1 amide bonds. The maximum absolute atomic E-state index is 14.7. The van der Waals surface area contributed by atoms with E-state index in [-0.39, 0.29) is 33.3 Å². The molecule has 1 aliphatic heterocycles. The molecule has 3 atom stereocenters. The monoisotopic (exact) mass is 622 g/mol. The molecule has 3 aromatic carbocycles. The van der Waals surface area contributed by atoms with E-state index < -0.39 is 76.2 Å². The highest BCUT2D eigenvalue weighted by Crippen LogP contribution is 2.48. The molecular weight excluding hydrogens is 607 g/mol. The number of carbonyl (C=O) groups excluding carboxylic acids is 1. The number of alkyl halides is 7. The van der Waals surface area contributed by atoms with Crippen molar-refractivity contribution in [2.45, 2.75) is 30.8 Å². The van der Waals surface area contributed by atoms with Crippen LogP contribution in [0.3, 0.4) is 0 Å². The Balaban J connectivity index is 1.75. The third-order valence-electron chi connectivity index (χ3n) is 6.67. The predicted octanol–water partition coefficient (Wildman–Crippen LogP) is 7.03. The molecule has 0 saturated carbocycles. The number of rotatable bonds is 4. The standard InChI is InChI=1S/C26H16ClF9N4O2/c1-40-21(22(30)26(34,35)36)14-8-16(37-23(41)9-4-10(25(31,32)33)6-12(29)5-9)17-18(20(14)39-40)24(42)38-19(17)13-7-11(28)2-3-15(13)27/h2-8,19,22,24,38,42H,1H3,(H,37,41). The Kier molecular flexibility index (Phi) is 7.18. The van der Waals surface area contributed by atoms with E-state index in [0.29, 0.717) is 16.8 Å². The number of aryl methyl sites for hydroxylation is 1. The summed E-state index contributed by atoms with van der Waals surface area (Å²) in [6, 6.07) is 3.82. The first kappa shape index (κ1) is 29.7. The van der Waals surface area contributed by atoms with Crippen LogP contribution in [0.5, 0.6) is 0 Å². The third kappa shape index (κ3) is 5.16. The van der Waals surface area contributed by atoms with Crippen molar-refractivity contribution in [3.8, 4) is 0 Å². The minimum atomic E-state index is -5.38. The van der Waals surface area contributed by atoms with Crippen molar-refractivity contribution >= 4 is 34.1 Å². The second-order valence-corrected chi connectivity index (χ2v) is 9.82. The van der Waals surface area contributed by atoms with Crippen molar-refractivity contribution in [1.29, 1.82) is 0 Å². The number of fused-ring (bicyclic) bond motifs is 3. The number of aliphatic hydroxyl groups excluding tert-OH is 1. The molecular formula is C26H16ClF9N4O2. The van der Waals surface area contributed by atoms with Crippen LogP contribution in [0.2, 0.25) is 5.02 Å². The summed E-state index contributed by atoms with van der Waals surface area (Å²) < 4.78 is 123. The van der Waals surface area contributed by atoms with Crippen molar-refractivity contribution in [3.05, 3.63) is 92.6 Å². The van der Waals surface area contributed by atoms with Crippen LogP contribution in [-0.2, 0) is 13.2 Å². The molecule has 6 nitrogen and oxygen atoms in total. The van der Waals surface area contributed by atoms with Gasteiger partial charge in [0.15, 0.2) is 0 Å². The van der Waals surface area contributed by atoms with Crippen LogP contribution in [0, 0.1) is 11.6 Å². The molecule has 1 aromatic heterocycles. The highest BCUT2D eigenvalue weighted by Gasteiger charge is 2.46. The number of anilines is 1. The van der Waals surface area contributed by atoms with Crippen LogP contribution >= 0.6 is 11.6 Å². The van der Waals surface area contributed by atoms with E-state index in [1.807, 2.05) is 0 Å². The van der Waals surface area contributed by atoms with Crippen LogP contribution in [0.4, 0.5) is 45.2 Å². The molecule has 0 aliphatic carbocycles. The van der Waals surface area contributed by atoms with Gasteiger partial charge >= 0.3 is 12.4 Å². The van der Waals surface area contributed by atoms with E-state index in [4.69, 9.17) is 11.6 Å². The summed E-state index contributed by atoms with van der Waals surface area (Å²) in [6.07, 6.45) is -15.7. The van der Waals surface area contributed by atoms with Gasteiger partial charge in [0.2, 0.25) is 6.17 Å². The number of nitrogens with one attached hydrogen (secondary N) is 2. The highest BCUT2D eigenvalue weighted by atomic mass is 35.5. The van der Waals surface area contributed by atoms with Crippen LogP contribution < -0.4 is 10.6 Å². The fourth-order valence-corrected chi connectivity index (χ4v) is 5.15. The van der Waals surface area contributed by atoms with Gasteiger partial charge in [0.05, 0.1) is 17.3 Å². The summed E-state index contributed by atoms with van der Waals surface area (Å²) in [6.45, 7) is 0. The second kappa shape index (κ2) is 10.2. The topological polar surface area (TPSA) is 79.2 Å². The summed E-state index contributed by atoms with van der Waals surface area (Å²) in [5.41, 5.74) is -4.37. The summed E-state index contributed by atoms with van der Waals surface area (Å²) in [5.74, 6) is -3.50. The van der Waals surface area contributed by atoms with Crippen molar-refractivity contribution in [2.75, 3.05) is 5.32 Å². The van der Waals surface area contributed by atoms with Crippen molar-refractivity contribution in [1.82, 2.24) is 15.1 Å². The molecule has 1 aliphatic rings. The lowest BCUT2D eigenvalue weighted by molar-refractivity contribution is -0.184. The van der Waals surface area contributed by atoms with Gasteiger partial charge in [-0.15, -0.1) is 0 Å². The summed E-state index contributed by atoms with van der Waals surface area (Å²) in [4.78, 5) is 13.1. The third-order valence-corrected chi connectivity index (χ3v) is 7.02. The number of hydrogen-bond acceptors (Lipinski definition) is 4. The van der Waals surface area contributed by atoms with E-state index in [9.17, 15) is 49.4 Å². The summed E-state index contributed by atoms with van der Waals surface area (Å²) >= 11 is 6.24. The van der Waals surface area contributed by atoms with E-state index in [2.05, 4.69) is 15.7 Å². The van der Waals surface area contributed by atoms with Gasteiger partial charge in [0.1, 0.15) is 23.4 Å². The predicted molar refractivity (Wildman–Crippen MR) is 131 cm³/mol. The van der Waals surface area contributed by atoms with Gasteiger partial charge in [-0.2, -0.15) is 31.4 Å². The van der Waals surface area contributed by atoms with Gasteiger partial charge in [-0.3, -0.25) is 14.8 Å². The smallest absolute Gasteiger partial charge is 0.374 e. The molecule has 222 valence electrons. The lowest BCUT2D eigenvalue weighted by Gasteiger charge is -2.19. The van der Waals surface area contributed by atoms with Crippen molar-refractivity contribution in [3.63, 3.8) is 0 Å². The molecule has 4 aromatic rings. The van der Waals surface area contributed by atoms with Gasteiger partial charge in [-0.25, -0.2) is 13.2 Å². The Hall–Kier alpha value is -3.82. The average molecular weight is 623 g/mol. The Labute approximate surface area is 234 Å². The zero-order valence-corrected chi connectivity index (χ0v) is 21.6. The van der Waals surface area contributed by atoms with E-state index in [1.165, 1.54) is 6.07 Å². The van der Waals surface area contributed by atoms with Crippen molar-refractivity contribution in [2.24, 2.45) is 7.05 Å². The van der Waals surface area contributed by atoms with Crippen LogP contribution in [0.25, 0.3) is 10.9 Å². The normalized spacial score (nSPS) is 17.9. The molecule has 0 fully saturated rings. The highest BCUT2D eigenvalue weighted by molar-refractivity contribution is 6.31. The average Bonchev–Trinajstić information content (AvgIpc) is 3.39. The first-order valence-corrected chi connectivity index (χ1v) is 12.2. The second-order valence-electron chi connectivity index (χ2n) is 9.41. The Morgan fingerprint density at radius 1 is 1.05 bits per heavy atom. The largest absolute Gasteiger partial charge is 0.425 e. The van der Waals surface area contributed by atoms with Crippen LogP contribution in [0.1, 0.15) is 56.7 Å². The minimum absolute atomic E-state index is 0.00393. The van der Waals surface area contributed by atoms with Crippen LogP contribution in [0.15, 0.2) is 42.5 Å². The van der Waals surface area contributed by atoms with Gasteiger partial charge in [0.25, 0.3) is 5.91 Å². The van der Waals surface area contributed by atoms with Gasteiger partial charge in [-0.05, 0) is 48.0 Å². The SMILES string of the molecule is Cn1nc2c3c(c(NC(=O)c4cc(F)cc(C(F)(F)F)c4)cc2c1C(F)C(F)(F)F)C(c1cc(F)ccc1Cl)NC3O. The molecule has 0 saturated heterocycles. The minimum Gasteiger partial charge on any atom is -0.374 e. The van der Waals surface area contributed by atoms with Crippen molar-refractivity contribution < 1.29 is 49.4 Å². The molecule has 5 rings (SSSR count). The lowest BCUT2D eigenvalue weighted by atomic mass is 9.93. The molecule has 42 heavy (non-hydrogen) atoms. The summed E-state index contributed by atoms with van der Waals surface area (Å²) in [7, 11) is 1.01. The number of nitrogens with zero attached hydrogens (tertiary/aromatic N) is 2. The maximum Gasteiger partial charge on any atom is 0.425 e. The quantitative estimate of drug-likeness (QED) is 0.214. The molecule has 3 N–H and O–H groups in total. The Morgan fingerprint density at radius 3 is 2.38 bits per heavy atom. The Morgan fingerprint density at radius 2 is 1.74 bits per heavy atom. The van der Waals surface area contributed by atoms with Gasteiger partial charge in [-0.1, -0.05) is 11.6 Å². The van der Waals surface area contributed by atoms with E-state index in [0.717, 1.165) is 25.2 Å². The fourth-order valence-electron chi connectivity index (χ4n) is 4.92. The van der Waals surface area contributed by atoms with Gasteiger partial charge < -0.3 is 10.4 Å². The Bertz CT molecular complexity index is 1740. The molecule has 2 heterocycles. The molecule has 16 heteroatoms. The fraction of sp³-hybridized carbons (Fsp3) is 0.231. The number of carbonyl (C=O) groups is 1. The first-order valence-electron chi connectivity index (χ1n) is 11.8. The number of hydrogen-bond donors (Lipinski definition) is 3. The zero-order valence-electron chi connectivity index (χ0n) is 20.8. The van der Waals surface area contributed by atoms with E-state index in [1.54, 1.807) is 0 Å². The van der Waals surface area contributed by atoms with Crippen LogP contribution in [-0.4, -0.2) is 27.0 Å². The number of aliphatic hydroxyl groups is 1. The van der Waals surface area contributed by atoms with Gasteiger partial charge in [0, 0.05) is 39.8 Å². The lowest BCUT2D eigenvalue weighted by Crippen LogP contribution is -2.20. The van der Waals surface area contributed by atoms with E-state index >= 15 is 0 Å². The molecule has 0 radical (unpaired) electrons. The maximum atomic E-state index is 14.7. The molecule has 3 unspecified atom stereocenters. The molecule has 0 bridgehead atoms. The number of amides is 1. The zero-order chi connectivity index (χ0) is 30.9. The molecule has 0 spiro atoms. The number of halogens is 10. The summed E-state index contributed by atoms with van der Waals surface area (Å²) in [5, 5.41) is 19.2. The first-order chi connectivity index (χ1) is 19.5. The number of aromatic nitrogens is 2. The number of benzene rings is 3.